The molecule has 6 heteroatoms. The lowest BCUT2D eigenvalue weighted by Crippen LogP contribution is -2.30. The Kier molecular flexibility index (Phi) is 50.8. The van der Waals surface area contributed by atoms with Crippen molar-refractivity contribution in [2.45, 2.75) is 290 Å². The molecule has 0 aliphatic rings. The van der Waals surface area contributed by atoms with Gasteiger partial charge in [-0.1, -0.05) is 256 Å². The maximum atomic E-state index is 12.8. The van der Waals surface area contributed by atoms with Gasteiger partial charge in [0, 0.05) is 19.3 Å². The second-order valence-electron chi connectivity index (χ2n) is 18.5. The minimum Gasteiger partial charge on any atom is -0.462 e. The number of carbonyl (C=O) groups excluding carboxylic acids is 3. The van der Waals surface area contributed by atoms with Crippen molar-refractivity contribution in [1.82, 2.24) is 0 Å². The molecule has 0 saturated carbocycles. The van der Waals surface area contributed by atoms with E-state index in [9.17, 15) is 14.4 Å². The van der Waals surface area contributed by atoms with Crippen molar-refractivity contribution in [1.29, 1.82) is 0 Å². The molecule has 6 nitrogen and oxygen atoms in total. The lowest BCUT2D eigenvalue weighted by molar-refractivity contribution is -0.167. The Morgan fingerprint density at radius 1 is 0.328 bits per heavy atom. The lowest BCUT2D eigenvalue weighted by Gasteiger charge is -2.18. The van der Waals surface area contributed by atoms with Crippen molar-refractivity contribution in [2.24, 2.45) is 0 Å². The predicted molar refractivity (Wildman–Crippen MR) is 275 cm³/mol. The summed E-state index contributed by atoms with van der Waals surface area (Å²) in [5, 5.41) is 0. The molecule has 0 aromatic heterocycles. The van der Waals surface area contributed by atoms with Crippen molar-refractivity contribution >= 4 is 17.9 Å². The molecule has 0 bridgehead atoms. The smallest absolute Gasteiger partial charge is 0.306 e. The van der Waals surface area contributed by atoms with Gasteiger partial charge in [-0.2, -0.15) is 0 Å². The van der Waals surface area contributed by atoms with E-state index >= 15 is 0 Å². The summed E-state index contributed by atoms with van der Waals surface area (Å²) in [7, 11) is 0. The summed E-state index contributed by atoms with van der Waals surface area (Å²) in [5.41, 5.74) is 0. The number of ether oxygens (including phenoxy) is 3. The van der Waals surface area contributed by atoms with Crippen LogP contribution in [0.25, 0.3) is 0 Å². The van der Waals surface area contributed by atoms with Gasteiger partial charge in [-0.3, -0.25) is 14.4 Å². The third-order valence-electron chi connectivity index (χ3n) is 12.1. The molecular formula is C58H104O6. The van der Waals surface area contributed by atoms with Crippen LogP contribution in [0.4, 0.5) is 0 Å². The maximum Gasteiger partial charge on any atom is 0.306 e. The van der Waals surface area contributed by atoms with Crippen molar-refractivity contribution in [3.63, 3.8) is 0 Å². The summed E-state index contributed by atoms with van der Waals surface area (Å²) in [4.78, 5) is 38.0. The first-order valence-corrected chi connectivity index (χ1v) is 27.6. The zero-order valence-electron chi connectivity index (χ0n) is 42.6. The zero-order chi connectivity index (χ0) is 46.5. The fraction of sp³-hybridized carbons (Fsp3) is 0.810. The van der Waals surface area contributed by atoms with Crippen LogP contribution in [0.2, 0.25) is 0 Å². The van der Waals surface area contributed by atoms with Crippen LogP contribution in [-0.4, -0.2) is 37.2 Å². The standard InChI is InChI=1S/C58H104O6/c1-4-7-10-13-16-19-21-23-25-27-29-31-32-34-36-39-42-45-48-51-57(60)63-54-55(53-62-56(59)50-47-44-41-38-18-15-12-9-6-3)64-58(61)52-49-46-43-40-37-35-33-30-28-26-24-22-20-17-14-11-8-5-2/h7,10,16,19,23,25,29,31,55H,4-6,8-9,11-15,17-18,20-22,24,26-28,30,32-54H2,1-3H3/b10-7-,19-16-,25-23-,31-29-. The van der Waals surface area contributed by atoms with Crippen LogP contribution in [0.1, 0.15) is 284 Å². The molecule has 0 aromatic carbocycles. The molecule has 0 fully saturated rings. The minimum absolute atomic E-state index is 0.0741. The molecule has 0 rings (SSSR count). The number of hydrogen-bond acceptors (Lipinski definition) is 6. The summed E-state index contributed by atoms with van der Waals surface area (Å²) in [6.45, 7) is 6.53. The van der Waals surface area contributed by atoms with Gasteiger partial charge in [0.25, 0.3) is 0 Å². The van der Waals surface area contributed by atoms with E-state index in [1.807, 2.05) is 0 Å². The first-order chi connectivity index (χ1) is 31.5. The Bertz CT molecular complexity index is 1120. The predicted octanol–water partition coefficient (Wildman–Crippen LogP) is 18.3. The van der Waals surface area contributed by atoms with E-state index in [4.69, 9.17) is 14.2 Å². The van der Waals surface area contributed by atoms with E-state index in [1.54, 1.807) is 0 Å². The monoisotopic (exact) mass is 897 g/mol. The summed E-state index contributed by atoms with van der Waals surface area (Å²) in [5.74, 6) is -0.878. The van der Waals surface area contributed by atoms with E-state index in [-0.39, 0.29) is 31.1 Å². The number of esters is 3. The Balaban J connectivity index is 4.29. The normalized spacial score (nSPS) is 12.4. The molecule has 0 spiro atoms. The molecule has 0 N–H and O–H groups in total. The van der Waals surface area contributed by atoms with Crippen molar-refractivity contribution in [2.75, 3.05) is 13.2 Å². The number of carbonyl (C=O) groups is 3. The summed E-state index contributed by atoms with van der Waals surface area (Å²) < 4.78 is 16.8. The van der Waals surface area contributed by atoms with E-state index in [1.165, 1.54) is 154 Å². The number of unbranched alkanes of at least 4 members (excludes halogenated alkanes) is 31. The molecule has 0 amide bonds. The Labute approximate surface area is 397 Å². The second-order valence-corrected chi connectivity index (χ2v) is 18.5. The molecular weight excluding hydrogens is 793 g/mol. The van der Waals surface area contributed by atoms with Gasteiger partial charge < -0.3 is 14.2 Å². The fourth-order valence-electron chi connectivity index (χ4n) is 7.96. The molecule has 0 heterocycles. The highest BCUT2D eigenvalue weighted by Crippen LogP contribution is 2.16. The third-order valence-corrected chi connectivity index (χ3v) is 12.1. The van der Waals surface area contributed by atoms with Crippen molar-refractivity contribution < 1.29 is 28.6 Å². The lowest BCUT2D eigenvalue weighted by atomic mass is 10.0. The molecule has 0 aliphatic carbocycles. The zero-order valence-corrected chi connectivity index (χ0v) is 42.6. The van der Waals surface area contributed by atoms with E-state index in [0.29, 0.717) is 19.3 Å². The maximum absolute atomic E-state index is 12.8. The van der Waals surface area contributed by atoms with Gasteiger partial charge in [0.05, 0.1) is 0 Å². The van der Waals surface area contributed by atoms with Crippen LogP contribution in [0.5, 0.6) is 0 Å². The first-order valence-electron chi connectivity index (χ1n) is 27.6. The fourth-order valence-corrected chi connectivity index (χ4v) is 7.96. The topological polar surface area (TPSA) is 78.9 Å². The summed E-state index contributed by atoms with van der Waals surface area (Å²) in [6.07, 6.45) is 63.9. The van der Waals surface area contributed by atoms with Crippen LogP contribution in [-0.2, 0) is 28.6 Å². The average molecular weight is 897 g/mol. The van der Waals surface area contributed by atoms with Gasteiger partial charge in [-0.05, 0) is 57.8 Å². The van der Waals surface area contributed by atoms with Crippen molar-refractivity contribution in [3.05, 3.63) is 48.6 Å². The molecule has 0 saturated heterocycles. The number of hydrogen-bond donors (Lipinski definition) is 0. The van der Waals surface area contributed by atoms with Gasteiger partial charge in [0.15, 0.2) is 6.10 Å². The summed E-state index contributed by atoms with van der Waals surface area (Å²) >= 11 is 0. The first kappa shape index (κ1) is 61.4. The largest absolute Gasteiger partial charge is 0.462 e. The van der Waals surface area contributed by atoms with Gasteiger partial charge in [-0.15, -0.1) is 0 Å². The third kappa shape index (κ3) is 50.4. The quantitative estimate of drug-likeness (QED) is 0.0262. The summed E-state index contributed by atoms with van der Waals surface area (Å²) in [6, 6.07) is 0. The number of allylic oxidation sites excluding steroid dienone is 8. The van der Waals surface area contributed by atoms with Gasteiger partial charge in [0.2, 0.25) is 0 Å². The van der Waals surface area contributed by atoms with Gasteiger partial charge in [-0.25, -0.2) is 0 Å². The molecule has 0 aromatic rings. The van der Waals surface area contributed by atoms with Crippen molar-refractivity contribution in [3.8, 4) is 0 Å². The highest BCUT2D eigenvalue weighted by Gasteiger charge is 2.19. The highest BCUT2D eigenvalue weighted by atomic mass is 16.6. The van der Waals surface area contributed by atoms with Crippen LogP contribution in [0.15, 0.2) is 48.6 Å². The Morgan fingerprint density at radius 2 is 0.609 bits per heavy atom. The average Bonchev–Trinajstić information content (AvgIpc) is 3.29. The Hall–Kier alpha value is -2.63. The van der Waals surface area contributed by atoms with Crippen LogP contribution in [0.3, 0.4) is 0 Å². The number of rotatable bonds is 50. The molecule has 0 radical (unpaired) electrons. The van der Waals surface area contributed by atoms with E-state index in [2.05, 4.69) is 69.4 Å². The van der Waals surface area contributed by atoms with E-state index < -0.39 is 6.10 Å². The Morgan fingerprint density at radius 3 is 0.953 bits per heavy atom. The van der Waals surface area contributed by atoms with Gasteiger partial charge in [0.1, 0.15) is 13.2 Å². The minimum atomic E-state index is -0.774. The van der Waals surface area contributed by atoms with Gasteiger partial charge >= 0.3 is 17.9 Å². The molecule has 1 atom stereocenters. The molecule has 64 heavy (non-hydrogen) atoms. The SMILES string of the molecule is CC/C=C\C/C=C\C/C=C\C/C=C\CCCCCCCCC(=O)OCC(COC(=O)CCCCCCCCCCC)OC(=O)CCCCCCCCCCCCCCCCCCCC. The van der Waals surface area contributed by atoms with Crippen LogP contribution in [0, 0.1) is 0 Å². The second kappa shape index (κ2) is 53.0. The van der Waals surface area contributed by atoms with Crippen LogP contribution < -0.4 is 0 Å². The van der Waals surface area contributed by atoms with Crippen LogP contribution >= 0.6 is 0 Å². The molecule has 1 unspecified atom stereocenters. The molecule has 372 valence electrons. The molecule has 0 aliphatic heterocycles. The highest BCUT2D eigenvalue weighted by molar-refractivity contribution is 5.71. The van der Waals surface area contributed by atoms with E-state index in [0.717, 1.165) is 89.9 Å².